The fraction of sp³-hybridized carbons (Fsp3) is 0.188. The lowest BCUT2D eigenvalue weighted by Gasteiger charge is -2.09. The van der Waals surface area contributed by atoms with E-state index < -0.39 is 0 Å². The van der Waals surface area contributed by atoms with Crippen LogP contribution in [0.1, 0.15) is 12.8 Å². The second-order valence-corrected chi connectivity index (χ2v) is 6.07. The number of furan rings is 1. The summed E-state index contributed by atoms with van der Waals surface area (Å²) in [5.41, 5.74) is 0. The van der Waals surface area contributed by atoms with E-state index in [-0.39, 0.29) is 29.6 Å². The van der Waals surface area contributed by atoms with Crippen LogP contribution in [0.15, 0.2) is 62.5 Å². The van der Waals surface area contributed by atoms with E-state index in [9.17, 15) is 4.79 Å². The van der Waals surface area contributed by atoms with Gasteiger partial charge in [-0.05, 0) is 31.2 Å². The maximum absolute atomic E-state index is 12.0. The first-order valence-electron chi connectivity index (χ1n) is 6.97. The third-order valence-electron chi connectivity index (χ3n) is 2.92. The molecule has 1 aromatic carbocycles. The maximum Gasteiger partial charge on any atom is 0.319 e. The quantitative estimate of drug-likeness (QED) is 0.505. The van der Waals surface area contributed by atoms with E-state index in [2.05, 4.69) is 10.2 Å². The molecule has 3 aromatic rings. The van der Waals surface area contributed by atoms with E-state index >= 15 is 0 Å². The standard InChI is InChI=1S/C16H14N2O4S/c1-11(23-12-6-3-2-4-7-12)16(19)21-10-14-17-18-15(22-14)13-8-5-9-20-13/h2-9,11H,10H2,1H3/t11-/m1/s1. The van der Waals surface area contributed by atoms with Gasteiger partial charge in [0.05, 0.1) is 6.26 Å². The molecule has 23 heavy (non-hydrogen) atoms. The van der Waals surface area contributed by atoms with Crippen LogP contribution in [0.4, 0.5) is 0 Å². The van der Waals surface area contributed by atoms with Crippen LogP contribution in [0.2, 0.25) is 0 Å². The lowest BCUT2D eigenvalue weighted by molar-refractivity contribution is -0.144. The Morgan fingerprint density at radius 3 is 2.78 bits per heavy atom. The molecule has 0 N–H and O–H groups in total. The molecule has 0 saturated carbocycles. The van der Waals surface area contributed by atoms with Crippen molar-refractivity contribution in [3.63, 3.8) is 0 Å². The SMILES string of the molecule is C[C@@H](Sc1ccccc1)C(=O)OCc1nnc(-c2ccco2)o1. The molecule has 0 amide bonds. The highest BCUT2D eigenvalue weighted by Crippen LogP contribution is 2.24. The molecule has 2 heterocycles. The van der Waals surface area contributed by atoms with Crippen molar-refractivity contribution < 1.29 is 18.4 Å². The van der Waals surface area contributed by atoms with Crippen molar-refractivity contribution in [2.75, 3.05) is 0 Å². The second-order valence-electron chi connectivity index (χ2n) is 4.66. The Morgan fingerprint density at radius 2 is 2.04 bits per heavy atom. The fourth-order valence-electron chi connectivity index (χ4n) is 1.81. The number of benzene rings is 1. The van der Waals surface area contributed by atoms with Crippen LogP contribution in [0.3, 0.4) is 0 Å². The molecule has 0 saturated heterocycles. The molecule has 0 unspecified atom stereocenters. The summed E-state index contributed by atoms with van der Waals surface area (Å²) in [7, 11) is 0. The first-order valence-corrected chi connectivity index (χ1v) is 7.85. The Bertz CT molecular complexity index is 756. The molecular formula is C16H14N2O4S. The summed E-state index contributed by atoms with van der Waals surface area (Å²) in [6, 6.07) is 13.1. The molecule has 6 nitrogen and oxygen atoms in total. The van der Waals surface area contributed by atoms with Gasteiger partial charge in [0, 0.05) is 4.90 Å². The molecule has 7 heteroatoms. The van der Waals surface area contributed by atoms with Crippen molar-refractivity contribution in [1.29, 1.82) is 0 Å². The van der Waals surface area contributed by atoms with Crippen molar-refractivity contribution in [2.24, 2.45) is 0 Å². The average molecular weight is 330 g/mol. The Kier molecular flexibility index (Phi) is 4.77. The number of ether oxygens (including phenoxy) is 1. The molecule has 0 aliphatic carbocycles. The van der Waals surface area contributed by atoms with Gasteiger partial charge in [-0.2, -0.15) is 0 Å². The number of aromatic nitrogens is 2. The highest BCUT2D eigenvalue weighted by atomic mass is 32.2. The summed E-state index contributed by atoms with van der Waals surface area (Å²) in [5.74, 6) is 0.620. The van der Waals surface area contributed by atoms with Gasteiger partial charge < -0.3 is 13.6 Å². The number of rotatable bonds is 6. The summed E-state index contributed by atoms with van der Waals surface area (Å²) in [4.78, 5) is 13.0. The summed E-state index contributed by atoms with van der Waals surface area (Å²) < 4.78 is 15.7. The topological polar surface area (TPSA) is 78.4 Å². The van der Waals surface area contributed by atoms with Crippen molar-refractivity contribution in [3.8, 4) is 11.7 Å². The highest BCUT2D eigenvalue weighted by Gasteiger charge is 2.18. The zero-order valence-electron chi connectivity index (χ0n) is 12.3. The zero-order valence-corrected chi connectivity index (χ0v) is 13.2. The zero-order chi connectivity index (χ0) is 16.1. The van der Waals surface area contributed by atoms with Gasteiger partial charge in [-0.3, -0.25) is 4.79 Å². The summed E-state index contributed by atoms with van der Waals surface area (Å²) in [6.45, 7) is 1.73. The van der Waals surface area contributed by atoms with E-state index in [4.69, 9.17) is 13.6 Å². The summed E-state index contributed by atoms with van der Waals surface area (Å²) in [6.07, 6.45) is 1.52. The largest absolute Gasteiger partial charge is 0.459 e. The Morgan fingerprint density at radius 1 is 1.22 bits per heavy atom. The van der Waals surface area contributed by atoms with Gasteiger partial charge in [-0.15, -0.1) is 22.0 Å². The predicted molar refractivity (Wildman–Crippen MR) is 83.6 cm³/mol. The number of carbonyl (C=O) groups is 1. The molecule has 0 spiro atoms. The van der Waals surface area contributed by atoms with Crippen LogP contribution in [-0.2, 0) is 16.1 Å². The number of thioether (sulfide) groups is 1. The summed E-state index contributed by atoms with van der Waals surface area (Å²) in [5, 5.41) is 7.34. The van der Waals surface area contributed by atoms with Gasteiger partial charge in [-0.25, -0.2) is 0 Å². The fourth-order valence-corrected chi connectivity index (χ4v) is 2.70. The van der Waals surface area contributed by atoms with Crippen LogP contribution in [-0.4, -0.2) is 21.4 Å². The monoisotopic (exact) mass is 330 g/mol. The third-order valence-corrected chi connectivity index (χ3v) is 4.02. The first-order chi connectivity index (χ1) is 11.2. The smallest absolute Gasteiger partial charge is 0.319 e. The normalized spacial score (nSPS) is 12.0. The lowest BCUT2D eigenvalue weighted by atomic mass is 10.4. The molecule has 0 fully saturated rings. The van der Waals surface area contributed by atoms with Crippen LogP contribution in [0.25, 0.3) is 11.7 Å². The Labute approximate surface area is 136 Å². The first kappa shape index (κ1) is 15.4. The number of hydrogen-bond acceptors (Lipinski definition) is 7. The van der Waals surface area contributed by atoms with E-state index in [1.54, 1.807) is 19.1 Å². The van der Waals surface area contributed by atoms with Crippen molar-refractivity contribution in [2.45, 2.75) is 23.7 Å². The molecule has 118 valence electrons. The van der Waals surface area contributed by atoms with Gasteiger partial charge in [0.15, 0.2) is 12.4 Å². The number of esters is 1. The van der Waals surface area contributed by atoms with Crippen LogP contribution in [0, 0.1) is 0 Å². The number of carbonyl (C=O) groups excluding carboxylic acids is 1. The van der Waals surface area contributed by atoms with E-state index in [0.717, 1.165) is 4.90 Å². The van der Waals surface area contributed by atoms with Crippen LogP contribution in [0.5, 0.6) is 0 Å². The average Bonchev–Trinajstić information content (AvgIpc) is 3.24. The Balaban J connectivity index is 1.52. The molecule has 0 radical (unpaired) electrons. The maximum atomic E-state index is 12.0. The van der Waals surface area contributed by atoms with Crippen molar-refractivity contribution in [3.05, 3.63) is 54.6 Å². The predicted octanol–water partition coefficient (Wildman–Crippen LogP) is 3.55. The van der Waals surface area contributed by atoms with E-state index in [1.165, 1.54) is 18.0 Å². The van der Waals surface area contributed by atoms with Crippen LogP contribution < -0.4 is 0 Å². The number of nitrogens with zero attached hydrogens (tertiary/aromatic N) is 2. The third kappa shape index (κ3) is 4.01. The molecule has 3 rings (SSSR count). The summed E-state index contributed by atoms with van der Waals surface area (Å²) >= 11 is 1.43. The van der Waals surface area contributed by atoms with Crippen molar-refractivity contribution in [1.82, 2.24) is 10.2 Å². The molecule has 0 aliphatic rings. The minimum absolute atomic E-state index is 0.0633. The van der Waals surface area contributed by atoms with Gasteiger partial charge in [0.1, 0.15) is 5.25 Å². The minimum Gasteiger partial charge on any atom is -0.459 e. The van der Waals surface area contributed by atoms with E-state index in [0.29, 0.717) is 5.76 Å². The van der Waals surface area contributed by atoms with Gasteiger partial charge >= 0.3 is 5.97 Å². The van der Waals surface area contributed by atoms with Gasteiger partial charge in [0.25, 0.3) is 11.8 Å². The van der Waals surface area contributed by atoms with Gasteiger partial charge in [-0.1, -0.05) is 18.2 Å². The van der Waals surface area contributed by atoms with Gasteiger partial charge in [0.2, 0.25) is 0 Å². The highest BCUT2D eigenvalue weighted by molar-refractivity contribution is 8.00. The number of hydrogen-bond donors (Lipinski definition) is 0. The molecule has 1 atom stereocenters. The lowest BCUT2D eigenvalue weighted by Crippen LogP contribution is -2.16. The molecule has 0 bridgehead atoms. The molecule has 2 aromatic heterocycles. The molecular weight excluding hydrogens is 316 g/mol. The van der Waals surface area contributed by atoms with E-state index in [1.807, 2.05) is 30.3 Å². The minimum atomic E-state index is -0.336. The molecule has 0 aliphatic heterocycles. The van der Waals surface area contributed by atoms with Crippen molar-refractivity contribution >= 4 is 17.7 Å². The second kappa shape index (κ2) is 7.15. The van der Waals surface area contributed by atoms with Crippen LogP contribution >= 0.6 is 11.8 Å². The Hall–Kier alpha value is -2.54.